The summed E-state index contributed by atoms with van der Waals surface area (Å²) in [7, 11) is -3.88. The summed E-state index contributed by atoms with van der Waals surface area (Å²) in [5, 5.41) is 2.94. The van der Waals surface area contributed by atoms with E-state index >= 15 is 0 Å². The zero-order chi connectivity index (χ0) is 26.9. The van der Waals surface area contributed by atoms with Gasteiger partial charge in [0.05, 0.1) is 22.5 Å². The van der Waals surface area contributed by atoms with Crippen molar-refractivity contribution in [3.8, 4) is 22.8 Å². The Morgan fingerprint density at radius 3 is 2.47 bits per heavy atom. The number of carbonyl (C=O) groups excluding carboxylic acids is 2. The van der Waals surface area contributed by atoms with E-state index in [1.807, 2.05) is 25.1 Å². The van der Waals surface area contributed by atoms with Gasteiger partial charge in [0, 0.05) is 12.1 Å². The molecule has 198 valence electrons. The van der Waals surface area contributed by atoms with Gasteiger partial charge >= 0.3 is 0 Å². The minimum Gasteiger partial charge on any atom is -0.454 e. The SMILES string of the molecule is CCCN(CC(N)=O)S(=O)(=O)c1ccc(-c2cccc(NC(=O)C3(c4ccc5c(c4)OCO5)CC3)n2)cc1. The van der Waals surface area contributed by atoms with Crippen LogP contribution in [0.4, 0.5) is 5.82 Å². The molecular weight excluding hydrogens is 508 g/mol. The lowest BCUT2D eigenvalue weighted by atomic mass is 9.94. The number of benzene rings is 2. The second kappa shape index (κ2) is 10.1. The first kappa shape index (κ1) is 25.7. The normalized spacial score (nSPS) is 15.3. The lowest BCUT2D eigenvalue weighted by molar-refractivity contribution is -0.119. The summed E-state index contributed by atoms with van der Waals surface area (Å²) < 4.78 is 37.9. The van der Waals surface area contributed by atoms with Crippen LogP contribution in [-0.2, 0) is 25.0 Å². The Hall–Kier alpha value is -3.96. The van der Waals surface area contributed by atoms with Crippen LogP contribution in [-0.4, -0.2) is 49.4 Å². The highest BCUT2D eigenvalue weighted by Crippen LogP contribution is 2.51. The Labute approximate surface area is 220 Å². The summed E-state index contributed by atoms with van der Waals surface area (Å²) in [6.07, 6.45) is 1.99. The van der Waals surface area contributed by atoms with E-state index in [-0.39, 0.29) is 30.7 Å². The van der Waals surface area contributed by atoms with Crippen LogP contribution in [0.1, 0.15) is 31.7 Å². The molecule has 2 aliphatic rings. The molecule has 3 N–H and O–H groups in total. The number of sulfonamides is 1. The van der Waals surface area contributed by atoms with Crippen molar-refractivity contribution >= 4 is 27.7 Å². The first-order chi connectivity index (χ1) is 18.2. The van der Waals surface area contributed by atoms with E-state index in [0.29, 0.717) is 35.0 Å². The molecule has 0 atom stereocenters. The van der Waals surface area contributed by atoms with Gasteiger partial charge in [-0.3, -0.25) is 9.59 Å². The second-order valence-corrected chi connectivity index (χ2v) is 11.3. The molecule has 5 rings (SSSR count). The molecule has 2 aromatic carbocycles. The van der Waals surface area contributed by atoms with Crippen molar-refractivity contribution in [1.82, 2.24) is 9.29 Å². The Balaban J connectivity index is 1.32. The van der Waals surface area contributed by atoms with Crippen LogP contribution in [0.2, 0.25) is 0 Å². The van der Waals surface area contributed by atoms with E-state index in [4.69, 9.17) is 15.2 Å². The van der Waals surface area contributed by atoms with Gasteiger partial charge in [-0.25, -0.2) is 13.4 Å². The molecule has 0 saturated heterocycles. The molecule has 38 heavy (non-hydrogen) atoms. The largest absolute Gasteiger partial charge is 0.454 e. The maximum atomic E-state index is 13.3. The van der Waals surface area contributed by atoms with Crippen LogP contribution in [0, 0.1) is 0 Å². The molecule has 1 fully saturated rings. The van der Waals surface area contributed by atoms with Gasteiger partial charge in [-0.05, 0) is 61.2 Å². The van der Waals surface area contributed by atoms with Crippen molar-refractivity contribution < 1.29 is 27.5 Å². The van der Waals surface area contributed by atoms with Crippen LogP contribution in [0.15, 0.2) is 65.6 Å². The van der Waals surface area contributed by atoms with E-state index in [1.165, 1.54) is 12.1 Å². The van der Waals surface area contributed by atoms with Gasteiger partial charge in [-0.15, -0.1) is 0 Å². The maximum Gasteiger partial charge on any atom is 0.243 e. The smallest absolute Gasteiger partial charge is 0.243 e. The lowest BCUT2D eigenvalue weighted by Crippen LogP contribution is -2.38. The van der Waals surface area contributed by atoms with Crippen LogP contribution in [0.5, 0.6) is 11.5 Å². The van der Waals surface area contributed by atoms with Crippen LogP contribution in [0.3, 0.4) is 0 Å². The number of nitrogens with two attached hydrogens (primary N) is 1. The molecule has 0 spiro atoms. The monoisotopic (exact) mass is 536 g/mol. The number of amides is 2. The number of hydrogen-bond acceptors (Lipinski definition) is 7. The van der Waals surface area contributed by atoms with Gasteiger partial charge in [-0.1, -0.05) is 31.2 Å². The van der Waals surface area contributed by atoms with Gasteiger partial charge < -0.3 is 20.5 Å². The number of nitrogens with zero attached hydrogens (tertiary/aromatic N) is 2. The number of carbonyl (C=O) groups is 2. The number of ether oxygens (including phenoxy) is 2. The van der Waals surface area contributed by atoms with Crippen LogP contribution in [0.25, 0.3) is 11.3 Å². The predicted molar refractivity (Wildman–Crippen MR) is 140 cm³/mol. The molecule has 1 aliphatic carbocycles. The predicted octanol–water partition coefficient (Wildman–Crippen LogP) is 3.03. The zero-order valence-corrected chi connectivity index (χ0v) is 21.7. The van der Waals surface area contributed by atoms with Crippen molar-refractivity contribution in [2.75, 3.05) is 25.2 Å². The third-order valence-electron chi connectivity index (χ3n) is 6.69. The number of primary amides is 1. The number of aromatic nitrogens is 1. The van der Waals surface area contributed by atoms with E-state index < -0.39 is 21.3 Å². The number of anilines is 1. The molecule has 2 amide bonds. The number of rotatable bonds is 10. The van der Waals surface area contributed by atoms with E-state index in [0.717, 1.165) is 22.7 Å². The summed E-state index contributed by atoms with van der Waals surface area (Å²) >= 11 is 0. The number of pyridine rings is 1. The fraction of sp³-hybridized carbons (Fsp3) is 0.296. The molecule has 0 radical (unpaired) electrons. The number of fused-ring (bicyclic) bond motifs is 1. The Bertz CT molecular complexity index is 1490. The third kappa shape index (κ3) is 4.94. The Morgan fingerprint density at radius 1 is 1.05 bits per heavy atom. The molecule has 0 unspecified atom stereocenters. The molecule has 10 nitrogen and oxygen atoms in total. The first-order valence-corrected chi connectivity index (χ1v) is 13.7. The summed E-state index contributed by atoms with van der Waals surface area (Å²) in [6, 6.07) is 17.1. The quantitative estimate of drug-likeness (QED) is 0.406. The third-order valence-corrected chi connectivity index (χ3v) is 8.55. The molecular formula is C27H28N4O6S. The average molecular weight is 537 g/mol. The summed E-state index contributed by atoms with van der Waals surface area (Å²) in [4.78, 5) is 29.3. The minimum atomic E-state index is -3.88. The van der Waals surface area contributed by atoms with Crippen molar-refractivity contribution in [1.29, 1.82) is 0 Å². The molecule has 2 heterocycles. The second-order valence-electron chi connectivity index (χ2n) is 9.34. The van der Waals surface area contributed by atoms with Gasteiger partial charge in [0.1, 0.15) is 5.82 Å². The van der Waals surface area contributed by atoms with Crippen molar-refractivity contribution in [3.63, 3.8) is 0 Å². The molecule has 1 saturated carbocycles. The van der Waals surface area contributed by atoms with Gasteiger partial charge in [0.15, 0.2) is 11.5 Å². The molecule has 1 aliphatic heterocycles. The number of nitrogens with one attached hydrogen (secondary N) is 1. The minimum absolute atomic E-state index is 0.0554. The van der Waals surface area contributed by atoms with Crippen molar-refractivity contribution in [2.45, 2.75) is 36.5 Å². The lowest BCUT2D eigenvalue weighted by Gasteiger charge is -2.20. The highest BCUT2D eigenvalue weighted by atomic mass is 32.2. The van der Waals surface area contributed by atoms with Crippen molar-refractivity contribution in [2.24, 2.45) is 5.73 Å². The van der Waals surface area contributed by atoms with Gasteiger partial charge in [-0.2, -0.15) is 4.31 Å². The molecule has 11 heteroatoms. The average Bonchev–Trinajstić information content (AvgIpc) is 3.59. The Kier molecular flexibility index (Phi) is 6.80. The molecule has 1 aromatic heterocycles. The van der Waals surface area contributed by atoms with Crippen molar-refractivity contribution in [3.05, 3.63) is 66.2 Å². The van der Waals surface area contributed by atoms with E-state index in [1.54, 1.807) is 30.3 Å². The van der Waals surface area contributed by atoms with E-state index in [9.17, 15) is 18.0 Å². The number of hydrogen-bond donors (Lipinski definition) is 2. The van der Waals surface area contributed by atoms with Gasteiger partial charge in [0.25, 0.3) is 0 Å². The highest BCUT2D eigenvalue weighted by molar-refractivity contribution is 7.89. The summed E-state index contributed by atoms with van der Waals surface area (Å²) in [5.41, 5.74) is 6.73. The van der Waals surface area contributed by atoms with Crippen LogP contribution >= 0.6 is 0 Å². The molecule has 3 aromatic rings. The fourth-order valence-electron chi connectivity index (χ4n) is 4.52. The Morgan fingerprint density at radius 2 is 1.79 bits per heavy atom. The first-order valence-electron chi connectivity index (χ1n) is 12.3. The topological polar surface area (TPSA) is 141 Å². The van der Waals surface area contributed by atoms with Gasteiger partial charge in [0.2, 0.25) is 28.6 Å². The fourth-order valence-corrected chi connectivity index (χ4v) is 6.02. The maximum absolute atomic E-state index is 13.3. The standard InChI is InChI=1S/C27H28N4O6S/c1-2-14-31(16-24(28)32)38(34,35)20-9-6-18(7-10-20)21-4-3-5-25(29-21)30-26(33)27(12-13-27)19-8-11-22-23(15-19)37-17-36-22/h3-11,15H,2,12-14,16-17H2,1H3,(H2,28,32)(H,29,30,33). The summed E-state index contributed by atoms with van der Waals surface area (Å²) in [5.74, 6) is 0.844. The van der Waals surface area contributed by atoms with E-state index in [2.05, 4.69) is 10.3 Å². The summed E-state index contributed by atoms with van der Waals surface area (Å²) in [6.45, 7) is 1.80. The highest BCUT2D eigenvalue weighted by Gasteiger charge is 2.51. The zero-order valence-electron chi connectivity index (χ0n) is 20.8. The van der Waals surface area contributed by atoms with Crippen LogP contribution < -0.4 is 20.5 Å². The molecule has 0 bridgehead atoms.